The molecule has 0 saturated carbocycles. The third-order valence-corrected chi connectivity index (χ3v) is 8.79. The van der Waals surface area contributed by atoms with Gasteiger partial charge < -0.3 is 10.2 Å². The van der Waals surface area contributed by atoms with Gasteiger partial charge in [0.25, 0.3) is 0 Å². The van der Waals surface area contributed by atoms with Crippen LogP contribution in [-0.2, 0) is 32.4 Å². The van der Waals surface area contributed by atoms with Crippen LogP contribution in [0.25, 0.3) is 22.5 Å². The molecule has 8 nitrogen and oxygen atoms in total. The molecule has 48 heavy (non-hydrogen) atoms. The van der Waals surface area contributed by atoms with Crippen molar-refractivity contribution in [2.75, 3.05) is 25.0 Å². The Bertz CT molecular complexity index is 1870. The number of carbonyl (C=O) groups excluding carboxylic acids is 1. The van der Waals surface area contributed by atoms with Gasteiger partial charge in [0.15, 0.2) is 0 Å². The highest BCUT2D eigenvalue weighted by atomic mass is 16.2. The minimum Gasteiger partial charge on any atom is -0.319 e. The highest BCUT2D eigenvalue weighted by Crippen LogP contribution is 2.29. The molecule has 0 bridgehead atoms. The number of aryl methyl sites for hydroxylation is 1. The van der Waals surface area contributed by atoms with Crippen molar-refractivity contribution in [1.82, 2.24) is 30.6 Å². The number of carbonyl (C=O) groups is 1. The Morgan fingerprint density at radius 3 is 1.79 bits per heavy atom. The van der Waals surface area contributed by atoms with Crippen molar-refractivity contribution >= 4 is 11.7 Å². The number of para-hydroxylation sites is 1. The number of nitrogens with zero attached hydrogens (tertiary/aromatic N) is 4. The molecule has 0 fully saturated rings. The van der Waals surface area contributed by atoms with E-state index in [0.717, 1.165) is 66.2 Å². The van der Waals surface area contributed by atoms with Crippen LogP contribution in [-0.4, -0.2) is 51.5 Å². The molecule has 0 spiro atoms. The molecule has 8 rings (SSSR count). The van der Waals surface area contributed by atoms with Crippen molar-refractivity contribution in [1.29, 1.82) is 0 Å². The molecule has 4 aromatic carbocycles. The van der Waals surface area contributed by atoms with E-state index >= 15 is 0 Å². The van der Waals surface area contributed by atoms with Gasteiger partial charge >= 0.3 is 6.03 Å². The van der Waals surface area contributed by atoms with Crippen LogP contribution in [0.1, 0.15) is 35.0 Å². The maximum Gasteiger partial charge on any atom is 0.324 e. The number of aromatic nitrogens is 4. The Morgan fingerprint density at radius 2 is 1.23 bits per heavy atom. The monoisotopic (exact) mass is 637 g/mol. The van der Waals surface area contributed by atoms with Crippen LogP contribution in [0.5, 0.6) is 0 Å². The number of urea groups is 1. The molecule has 2 aromatic heterocycles. The summed E-state index contributed by atoms with van der Waals surface area (Å²) in [6.07, 6.45) is 2.99. The summed E-state index contributed by atoms with van der Waals surface area (Å²) < 4.78 is 0. The lowest BCUT2D eigenvalue weighted by Gasteiger charge is -2.31. The average Bonchev–Trinajstić information content (AvgIpc) is 3.81. The van der Waals surface area contributed by atoms with Gasteiger partial charge in [-0.1, -0.05) is 116 Å². The molecule has 2 amide bonds. The Balaban J connectivity index is 0.000000146. The van der Waals surface area contributed by atoms with Gasteiger partial charge in [-0.25, -0.2) is 4.79 Å². The Labute approximate surface area is 282 Å². The van der Waals surface area contributed by atoms with Crippen molar-refractivity contribution in [3.8, 4) is 22.5 Å². The number of hydrogen-bond acceptors (Lipinski definition) is 4. The van der Waals surface area contributed by atoms with Gasteiger partial charge in [0.05, 0.1) is 17.9 Å². The molecule has 0 unspecified atom stereocenters. The van der Waals surface area contributed by atoms with Gasteiger partial charge in [-0.15, -0.1) is 0 Å². The number of H-pyrrole nitrogens is 2. The number of nitrogens with one attached hydrogen (secondary N) is 3. The molecule has 0 aliphatic carbocycles. The van der Waals surface area contributed by atoms with Gasteiger partial charge in [-0.05, 0) is 24.1 Å². The largest absolute Gasteiger partial charge is 0.324 e. The zero-order valence-electron chi connectivity index (χ0n) is 27.7. The molecule has 3 N–H and O–H groups in total. The minimum absolute atomic E-state index is 0.0112. The van der Waals surface area contributed by atoms with Crippen LogP contribution in [0, 0.1) is 0 Å². The van der Waals surface area contributed by atoms with Gasteiger partial charge in [0.2, 0.25) is 0 Å². The predicted molar refractivity (Wildman–Crippen MR) is 194 cm³/mol. The molecule has 2 aliphatic rings. The topological polar surface area (TPSA) is 92.9 Å². The molecular formula is C40H43N7O. The first-order valence-electron chi connectivity index (χ1n) is 16.7. The molecule has 0 radical (unpaired) electrons. The molecule has 244 valence electrons. The van der Waals surface area contributed by atoms with Gasteiger partial charge in [-0.3, -0.25) is 15.1 Å². The molecule has 0 atom stereocenters. The number of rotatable bonds is 4. The third-order valence-electron chi connectivity index (χ3n) is 8.79. The lowest BCUT2D eigenvalue weighted by Crippen LogP contribution is -2.43. The van der Waals surface area contributed by atoms with Crippen LogP contribution < -0.4 is 10.2 Å². The lowest BCUT2D eigenvalue weighted by atomic mass is 10.0. The summed E-state index contributed by atoms with van der Waals surface area (Å²) in [5, 5.41) is 18.5. The molecule has 0 saturated heterocycles. The Morgan fingerprint density at radius 1 is 0.708 bits per heavy atom. The highest BCUT2D eigenvalue weighted by Gasteiger charge is 2.27. The van der Waals surface area contributed by atoms with E-state index in [0.29, 0.717) is 13.1 Å². The standard InChI is InChI=1S/C20H20N4O.C12H13N3.C8H10/c1-23(16-10-6-3-7-11-16)20(25)24-13-12-18-17(14-24)19(22-21-18)15-8-4-2-5-9-15;1-2-4-9(5-3-1)12-10-8-13-7-6-11(10)14-15-12;1-2-8-6-4-3-5-7-8/h2-11H,12-14H2,1H3,(H,21,22);1-5,13H,6-8H2,(H,14,15);3-7H,2H2,1H3. The van der Waals surface area contributed by atoms with E-state index in [1.54, 1.807) is 4.90 Å². The zero-order chi connectivity index (χ0) is 33.1. The second kappa shape index (κ2) is 15.9. The van der Waals surface area contributed by atoms with Gasteiger partial charge in [0, 0.05) is 78.9 Å². The number of hydrogen-bond donors (Lipinski definition) is 3. The predicted octanol–water partition coefficient (Wildman–Crippen LogP) is 7.66. The minimum atomic E-state index is 0.0112. The first-order valence-corrected chi connectivity index (χ1v) is 16.7. The van der Waals surface area contributed by atoms with Crippen LogP contribution in [0.15, 0.2) is 121 Å². The van der Waals surface area contributed by atoms with E-state index < -0.39 is 0 Å². The number of benzene rings is 4. The van der Waals surface area contributed by atoms with E-state index in [4.69, 9.17) is 0 Å². The van der Waals surface area contributed by atoms with Crippen molar-refractivity contribution in [3.05, 3.63) is 149 Å². The summed E-state index contributed by atoms with van der Waals surface area (Å²) in [7, 11) is 1.82. The Hall–Kier alpha value is -5.47. The fraction of sp³-hybridized carbons (Fsp3) is 0.225. The normalized spacial score (nSPS) is 13.2. The number of aromatic amines is 2. The summed E-state index contributed by atoms with van der Waals surface area (Å²) >= 11 is 0. The number of fused-ring (bicyclic) bond motifs is 2. The molecular weight excluding hydrogens is 594 g/mol. The quantitative estimate of drug-likeness (QED) is 0.185. The van der Waals surface area contributed by atoms with E-state index in [1.807, 2.05) is 96.9 Å². The summed E-state index contributed by atoms with van der Waals surface area (Å²) in [6, 6.07) is 40.6. The van der Waals surface area contributed by atoms with Crippen LogP contribution >= 0.6 is 0 Å². The van der Waals surface area contributed by atoms with Crippen molar-refractivity contribution in [2.45, 2.75) is 39.3 Å². The van der Waals surface area contributed by atoms with E-state index in [9.17, 15) is 4.79 Å². The SMILES string of the molecule is CCc1ccccc1.CN(C(=O)N1CCc2[nH]nc(-c3ccccc3)c2C1)c1ccccc1.c1ccc(-c2n[nH]c3c2CNCC3)cc1. The number of anilines is 1. The zero-order valence-corrected chi connectivity index (χ0v) is 27.7. The van der Waals surface area contributed by atoms with Crippen LogP contribution in [0.4, 0.5) is 10.5 Å². The highest BCUT2D eigenvalue weighted by molar-refractivity contribution is 5.91. The molecule has 2 aliphatic heterocycles. The van der Waals surface area contributed by atoms with Crippen molar-refractivity contribution in [3.63, 3.8) is 0 Å². The second-order valence-corrected chi connectivity index (χ2v) is 11.9. The van der Waals surface area contributed by atoms with Crippen LogP contribution in [0.3, 0.4) is 0 Å². The van der Waals surface area contributed by atoms with Crippen molar-refractivity contribution < 1.29 is 4.79 Å². The Kier molecular flexibility index (Phi) is 10.7. The van der Waals surface area contributed by atoms with E-state index in [1.165, 1.54) is 22.4 Å². The smallest absolute Gasteiger partial charge is 0.319 e. The van der Waals surface area contributed by atoms with Crippen molar-refractivity contribution in [2.24, 2.45) is 0 Å². The summed E-state index contributed by atoms with van der Waals surface area (Å²) in [5.41, 5.74) is 11.5. The summed E-state index contributed by atoms with van der Waals surface area (Å²) in [5.74, 6) is 0. The van der Waals surface area contributed by atoms with Gasteiger partial charge in [-0.2, -0.15) is 10.2 Å². The molecule has 6 aromatic rings. The second-order valence-electron chi connectivity index (χ2n) is 11.9. The first-order chi connectivity index (χ1) is 23.6. The maximum atomic E-state index is 12.9. The summed E-state index contributed by atoms with van der Waals surface area (Å²) in [4.78, 5) is 16.5. The third kappa shape index (κ3) is 7.73. The fourth-order valence-corrected chi connectivity index (χ4v) is 6.04. The number of amides is 2. The van der Waals surface area contributed by atoms with Crippen LogP contribution in [0.2, 0.25) is 0 Å². The summed E-state index contributed by atoms with van der Waals surface area (Å²) in [6.45, 7) is 5.40. The van der Waals surface area contributed by atoms with E-state index in [-0.39, 0.29) is 6.03 Å². The van der Waals surface area contributed by atoms with Gasteiger partial charge in [0.1, 0.15) is 0 Å². The molecule has 8 heteroatoms. The molecule has 4 heterocycles. The average molecular weight is 638 g/mol. The van der Waals surface area contributed by atoms with E-state index in [2.05, 4.69) is 69.0 Å². The first kappa shape index (κ1) is 32.5. The maximum absolute atomic E-state index is 12.9. The fourth-order valence-electron chi connectivity index (χ4n) is 6.04. The lowest BCUT2D eigenvalue weighted by molar-refractivity contribution is 0.200.